The number of benzene rings is 1. The van der Waals surface area contributed by atoms with Gasteiger partial charge >= 0.3 is 0 Å². The van der Waals surface area contributed by atoms with Gasteiger partial charge in [-0.05, 0) is 86.3 Å². The highest BCUT2D eigenvalue weighted by Gasteiger charge is 2.53. The first kappa shape index (κ1) is 15.5. The third kappa shape index (κ3) is 3.01. The van der Waals surface area contributed by atoms with Crippen molar-refractivity contribution >= 4 is 0 Å². The molecule has 4 rings (SSSR count). The highest BCUT2D eigenvalue weighted by molar-refractivity contribution is 5.38. The average molecular weight is 314 g/mol. The van der Waals surface area contributed by atoms with Crippen LogP contribution in [0.3, 0.4) is 0 Å². The maximum Gasteiger partial charge on any atom is 0.119 e. The molecule has 126 valence electrons. The first-order valence-electron chi connectivity index (χ1n) is 9.40. The summed E-state index contributed by atoms with van der Waals surface area (Å²) < 4.78 is 5.43. The second-order valence-corrected chi connectivity index (χ2v) is 7.68. The van der Waals surface area contributed by atoms with Gasteiger partial charge in [-0.3, -0.25) is 4.90 Å². The van der Waals surface area contributed by atoms with Gasteiger partial charge < -0.3 is 10.1 Å². The van der Waals surface area contributed by atoms with Crippen LogP contribution in [0.2, 0.25) is 0 Å². The molecular formula is C20H30N2O. The van der Waals surface area contributed by atoms with Crippen LogP contribution in [-0.4, -0.2) is 44.2 Å². The van der Waals surface area contributed by atoms with E-state index in [1.807, 2.05) is 0 Å². The normalized spacial score (nSPS) is 31.8. The molecule has 0 aromatic heterocycles. The van der Waals surface area contributed by atoms with E-state index in [9.17, 15) is 0 Å². The van der Waals surface area contributed by atoms with E-state index in [2.05, 4.69) is 35.3 Å². The maximum absolute atomic E-state index is 5.43. The van der Waals surface area contributed by atoms with Crippen molar-refractivity contribution in [2.75, 3.05) is 33.3 Å². The zero-order chi connectivity index (χ0) is 15.8. The highest BCUT2D eigenvalue weighted by Crippen LogP contribution is 2.49. The molecule has 0 spiro atoms. The number of fused-ring (bicyclic) bond motifs is 2. The van der Waals surface area contributed by atoms with Crippen LogP contribution in [0.5, 0.6) is 5.75 Å². The Morgan fingerprint density at radius 2 is 2.04 bits per heavy atom. The van der Waals surface area contributed by atoms with Crippen LogP contribution in [-0.2, 0) is 12.8 Å². The molecule has 1 aromatic carbocycles. The van der Waals surface area contributed by atoms with E-state index < -0.39 is 0 Å². The summed E-state index contributed by atoms with van der Waals surface area (Å²) in [5.74, 6) is 3.93. The van der Waals surface area contributed by atoms with Crippen molar-refractivity contribution in [1.29, 1.82) is 0 Å². The number of rotatable bonds is 6. The van der Waals surface area contributed by atoms with Crippen molar-refractivity contribution in [3.63, 3.8) is 0 Å². The molecule has 1 N–H and O–H groups in total. The van der Waals surface area contributed by atoms with Gasteiger partial charge in [0.1, 0.15) is 5.75 Å². The van der Waals surface area contributed by atoms with Crippen LogP contribution >= 0.6 is 0 Å². The van der Waals surface area contributed by atoms with E-state index >= 15 is 0 Å². The Morgan fingerprint density at radius 3 is 2.78 bits per heavy atom. The summed E-state index contributed by atoms with van der Waals surface area (Å²) in [5, 5.41) is 3.53. The van der Waals surface area contributed by atoms with E-state index in [0.29, 0.717) is 0 Å². The lowest BCUT2D eigenvalue weighted by Crippen LogP contribution is -2.42. The Morgan fingerprint density at radius 1 is 1.22 bits per heavy atom. The monoisotopic (exact) mass is 314 g/mol. The molecular weight excluding hydrogens is 284 g/mol. The van der Waals surface area contributed by atoms with Crippen LogP contribution in [0.4, 0.5) is 0 Å². The first-order valence-corrected chi connectivity index (χ1v) is 9.40. The molecule has 1 heterocycles. The van der Waals surface area contributed by atoms with Gasteiger partial charge in [0.05, 0.1) is 7.11 Å². The summed E-state index contributed by atoms with van der Waals surface area (Å²) in [7, 11) is 1.77. The Bertz CT molecular complexity index is 549. The number of hydrogen-bond acceptors (Lipinski definition) is 3. The van der Waals surface area contributed by atoms with Crippen molar-refractivity contribution in [2.45, 2.75) is 38.6 Å². The molecule has 2 fully saturated rings. The third-order valence-electron chi connectivity index (χ3n) is 6.36. The molecule has 0 bridgehead atoms. The number of aryl methyl sites for hydroxylation is 1. The zero-order valence-corrected chi connectivity index (χ0v) is 14.6. The molecule has 1 unspecified atom stereocenters. The summed E-state index contributed by atoms with van der Waals surface area (Å²) >= 11 is 0. The van der Waals surface area contributed by atoms with Gasteiger partial charge in [0.25, 0.3) is 0 Å². The average Bonchev–Trinajstić information content (AvgIpc) is 3.01. The van der Waals surface area contributed by atoms with Crippen LogP contribution in [0.15, 0.2) is 18.2 Å². The number of nitrogens with zero attached hydrogens (tertiary/aromatic N) is 1. The number of ether oxygens (including phenoxy) is 1. The summed E-state index contributed by atoms with van der Waals surface area (Å²) in [6.07, 6.45) is 5.01. The fourth-order valence-electron chi connectivity index (χ4n) is 4.95. The van der Waals surface area contributed by atoms with E-state index in [-0.39, 0.29) is 0 Å². The maximum atomic E-state index is 5.43. The predicted molar refractivity (Wildman–Crippen MR) is 94.0 cm³/mol. The van der Waals surface area contributed by atoms with Crippen molar-refractivity contribution < 1.29 is 4.74 Å². The van der Waals surface area contributed by atoms with Crippen molar-refractivity contribution in [2.24, 2.45) is 17.8 Å². The lowest BCUT2D eigenvalue weighted by Gasteiger charge is -2.35. The van der Waals surface area contributed by atoms with Crippen molar-refractivity contribution in [3.8, 4) is 5.75 Å². The molecule has 1 saturated heterocycles. The van der Waals surface area contributed by atoms with E-state index in [1.54, 1.807) is 7.11 Å². The molecule has 4 atom stereocenters. The summed E-state index contributed by atoms with van der Waals surface area (Å²) in [6, 6.07) is 7.37. The predicted octanol–water partition coefficient (Wildman–Crippen LogP) is 2.73. The molecule has 3 heteroatoms. The second kappa shape index (κ2) is 6.45. The number of nitrogens with one attached hydrogen (secondary N) is 1. The summed E-state index contributed by atoms with van der Waals surface area (Å²) in [4.78, 5) is 2.81. The molecule has 3 aliphatic rings. The first-order chi connectivity index (χ1) is 11.3. The minimum absolute atomic E-state index is 0.726. The Labute approximate surface area is 140 Å². The zero-order valence-electron chi connectivity index (χ0n) is 14.6. The van der Waals surface area contributed by atoms with Gasteiger partial charge in [0.2, 0.25) is 0 Å². The molecule has 0 amide bonds. The lowest BCUT2D eigenvalue weighted by atomic mass is 9.87. The fourth-order valence-corrected chi connectivity index (χ4v) is 4.95. The van der Waals surface area contributed by atoms with E-state index in [1.165, 1.54) is 63.0 Å². The van der Waals surface area contributed by atoms with Gasteiger partial charge in [0.15, 0.2) is 0 Å². The SMILES string of the molecule is CCCN(C[C@@H]1C2CNC[C@H]21)[C@@H]1CCc2ccc(OC)cc2C1. The van der Waals surface area contributed by atoms with Crippen molar-refractivity contribution in [1.82, 2.24) is 10.2 Å². The van der Waals surface area contributed by atoms with E-state index in [0.717, 1.165) is 29.5 Å². The van der Waals surface area contributed by atoms with Gasteiger partial charge in [-0.1, -0.05) is 13.0 Å². The van der Waals surface area contributed by atoms with Crippen LogP contribution in [0.1, 0.15) is 30.9 Å². The van der Waals surface area contributed by atoms with Gasteiger partial charge in [0, 0.05) is 12.6 Å². The Balaban J connectivity index is 1.44. The number of hydrogen-bond donors (Lipinski definition) is 1. The molecule has 1 aliphatic heterocycles. The smallest absolute Gasteiger partial charge is 0.119 e. The highest BCUT2D eigenvalue weighted by atomic mass is 16.5. The lowest BCUT2D eigenvalue weighted by molar-refractivity contribution is 0.165. The van der Waals surface area contributed by atoms with Crippen molar-refractivity contribution in [3.05, 3.63) is 29.3 Å². The molecule has 0 radical (unpaired) electrons. The minimum Gasteiger partial charge on any atom is -0.497 e. The number of methoxy groups -OCH3 is 1. The van der Waals surface area contributed by atoms with Gasteiger partial charge in [-0.15, -0.1) is 0 Å². The minimum atomic E-state index is 0.726. The Hall–Kier alpha value is -1.06. The van der Waals surface area contributed by atoms with Gasteiger partial charge in [-0.25, -0.2) is 0 Å². The van der Waals surface area contributed by atoms with E-state index in [4.69, 9.17) is 4.74 Å². The quantitative estimate of drug-likeness (QED) is 0.874. The largest absolute Gasteiger partial charge is 0.497 e. The summed E-state index contributed by atoms with van der Waals surface area (Å²) in [5.41, 5.74) is 3.05. The number of piperidine rings is 1. The van der Waals surface area contributed by atoms with Crippen LogP contribution in [0, 0.1) is 17.8 Å². The fraction of sp³-hybridized carbons (Fsp3) is 0.700. The third-order valence-corrected chi connectivity index (χ3v) is 6.36. The topological polar surface area (TPSA) is 24.5 Å². The standard InChI is InChI=1S/C20H30N2O/c1-3-8-22(13-20-18-11-21-12-19(18)20)16-6-4-14-5-7-17(23-2)10-15(14)9-16/h5,7,10,16,18-21H,3-4,6,8-9,11-13H2,1-2H3/t16-,18-,19?,20+/m1/s1. The molecule has 1 saturated carbocycles. The summed E-state index contributed by atoms with van der Waals surface area (Å²) in [6.45, 7) is 7.43. The second-order valence-electron chi connectivity index (χ2n) is 7.68. The molecule has 3 nitrogen and oxygen atoms in total. The van der Waals surface area contributed by atoms with Crippen LogP contribution < -0.4 is 10.1 Å². The molecule has 23 heavy (non-hydrogen) atoms. The molecule has 1 aromatic rings. The molecule has 2 aliphatic carbocycles. The van der Waals surface area contributed by atoms with Crippen LogP contribution in [0.25, 0.3) is 0 Å². The van der Waals surface area contributed by atoms with Gasteiger partial charge in [-0.2, -0.15) is 0 Å². The Kier molecular flexibility index (Phi) is 4.33.